The summed E-state index contributed by atoms with van der Waals surface area (Å²) in [6.07, 6.45) is 8.71. The van der Waals surface area contributed by atoms with Gasteiger partial charge in [-0.25, -0.2) is 0 Å². The number of Topliss-reactive ketones (excluding diaryl/α,β-unsaturated/α-hetero) is 1. The first kappa shape index (κ1) is 11.5. The number of carbonyl (C=O) groups is 1. The summed E-state index contributed by atoms with van der Waals surface area (Å²) in [4.78, 5) is 11.8. The van der Waals surface area contributed by atoms with E-state index in [-0.39, 0.29) is 0 Å². The summed E-state index contributed by atoms with van der Waals surface area (Å²) < 4.78 is 0. The topological polar surface area (TPSA) is 17.1 Å². The van der Waals surface area contributed by atoms with Gasteiger partial charge in [-0.1, -0.05) is 32.3 Å². The summed E-state index contributed by atoms with van der Waals surface area (Å²) in [7, 11) is 0. The minimum atomic E-state index is 0.438. The van der Waals surface area contributed by atoms with Crippen LogP contribution in [-0.4, -0.2) is 5.78 Å². The van der Waals surface area contributed by atoms with Crippen molar-refractivity contribution in [1.29, 1.82) is 0 Å². The van der Waals surface area contributed by atoms with Gasteiger partial charge < -0.3 is 0 Å². The van der Waals surface area contributed by atoms with Crippen molar-refractivity contribution in [2.24, 2.45) is 0 Å². The zero-order chi connectivity index (χ0) is 10.4. The Bertz CT molecular complexity index is 225. The fourth-order valence-corrected chi connectivity index (χ4v) is 2.27. The maximum atomic E-state index is 11.8. The number of hydrogen-bond donors (Lipinski definition) is 0. The monoisotopic (exact) mass is 194 g/mol. The summed E-state index contributed by atoms with van der Waals surface area (Å²) in [5, 5.41) is 0. The van der Waals surface area contributed by atoms with Crippen molar-refractivity contribution in [3.05, 3.63) is 11.1 Å². The van der Waals surface area contributed by atoms with Gasteiger partial charge in [0.1, 0.15) is 0 Å². The predicted molar refractivity (Wildman–Crippen MR) is 60.3 cm³/mol. The van der Waals surface area contributed by atoms with Crippen LogP contribution in [0.15, 0.2) is 11.1 Å². The van der Waals surface area contributed by atoms with E-state index in [0.29, 0.717) is 5.78 Å². The van der Waals surface area contributed by atoms with E-state index in [0.717, 1.165) is 32.1 Å². The van der Waals surface area contributed by atoms with Crippen LogP contribution in [0.3, 0.4) is 0 Å². The van der Waals surface area contributed by atoms with Crippen LogP contribution in [0.2, 0.25) is 0 Å². The van der Waals surface area contributed by atoms with Crippen LogP contribution in [0.4, 0.5) is 0 Å². The predicted octanol–water partition coefficient (Wildman–Crippen LogP) is 4.03. The number of hydrogen-bond acceptors (Lipinski definition) is 1. The summed E-state index contributed by atoms with van der Waals surface area (Å²) in [6, 6.07) is 0. The van der Waals surface area contributed by atoms with Gasteiger partial charge in [0.15, 0.2) is 5.78 Å². The maximum Gasteiger partial charge on any atom is 0.158 e. The van der Waals surface area contributed by atoms with Gasteiger partial charge in [0.2, 0.25) is 0 Å². The smallest absolute Gasteiger partial charge is 0.158 e. The first-order valence-corrected chi connectivity index (χ1v) is 6.03. The Morgan fingerprint density at radius 1 is 1.00 bits per heavy atom. The molecule has 1 nitrogen and oxygen atoms in total. The van der Waals surface area contributed by atoms with Gasteiger partial charge in [-0.15, -0.1) is 0 Å². The molecule has 1 aliphatic rings. The van der Waals surface area contributed by atoms with Crippen molar-refractivity contribution in [2.45, 2.75) is 65.2 Å². The number of allylic oxidation sites excluding steroid dienone is 2. The summed E-state index contributed by atoms with van der Waals surface area (Å²) >= 11 is 0. The quantitative estimate of drug-likeness (QED) is 0.660. The van der Waals surface area contributed by atoms with Crippen LogP contribution >= 0.6 is 0 Å². The largest absolute Gasteiger partial charge is 0.295 e. The minimum Gasteiger partial charge on any atom is -0.295 e. The lowest BCUT2D eigenvalue weighted by atomic mass is 9.95. The van der Waals surface area contributed by atoms with Crippen molar-refractivity contribution in [3.8, 4) is 0 Å². The second-order valence-electron chi connectivity index (χ2n) is 4.21. The Labute approximate surface area is 87.6 Å². The molecule has 0 unspecified atom stereocenters. The molecule has 0 aliphatic heterocycles. The van der Waals surface area contributed by atoms with E-state index >= 15 is 0 Å². The van der Waals surface area contributed by atoms with Gasteiger partial charge in [-0.05, 0) is 37.7 Å². The SMILES string of the molecule is CCCC1=C(CCC)C(=O)CCCC1. The molecule has 0 aromatic carbocycles. The average Bonchev–Trinajstić information content (AvgIpc) is 2.33. The standard InChI is InChI=1S/C13H22O/c1-3-7-11-9-5-6-10-13(14)12(11)8-4-2/h3-10H2,1-2H3. The molecule has 80 valence electrons. The second-order valence-corrected chi connectivity index (χ2v) is 4.21. The first-order valence-electron chi connectivity index (χ1n) is 6.03. The molecule has 1 aliphatic carbocycles. The molecule has 0 fully saturated rings. The molecule has 1 heteroatoms. The fourth-order valence-electron chi connectivity index (χ4n) is 2.27. The molecular weight excluding hydrogens is 172 g/mol. The summed E-state index contributed by atoms with van der Waals surface area (Å²) in [6.45, 7) is 4.36. The van der Waals surface area contributed by atoms with Gasteiger partial charge in [0.25, 0.3) is 0 Å². The molecule has 0 radical (unpaired) electrons. The Morgan fingerprint density at radius 3 is 2.29 bits per heavy atom. The van der Waals surface area contributed by atoms with E-state index in [9.17, 15) is 4.79 Å². The molecule has 0 saturated carbocycles. The molecule has 0 saturated heterocycles. The van der Waals surface area contributed by atoms with Crippen LogP contribution in [0.1, 0.15) is 65.2 Å². The molecule has 1 rings (SSSR count). The van der Waals surface area contributed by atoms with E-state index in [1.165, 1.54) is 30.4 Å². The lowest BCUT2D eigenvalue weighted by Gasteiger charge is -2.09. The van der Waals surface area contributed by atoms with Crippen LogP contribution in [0, 0.1) is 0 Å². The Morgan fingerprint density at radius 2 is 1.64 bits per heavy atom. The van der Waals surface area contributed by atoms with Gasteiger partial charge in [0.05, 0.1) is 0 Å². The molecule has 0 atom stereocenters. The van der Waals surface area contributed by atoms with E-state index < -0.39 is 0 Å². The van der Waals surface area contributed by atoms with E-state index in [1.807, 2.05) is 0 Å². The highest BCUT2D eigenvalue weighted by Gasteiger charge is 2.16. The van der Waals surface area contributed by atoms with Crippen LogP contribution in [-0.2, 0) is 4.79 Å². The van der Waals surface area contributed by atoms with Crippen LogP contribution in [0.25, 0.3) is 0 Å². The zero-order valence-corrected chi connectivity index (χ0v) is 9.57. The van der Waals surface area contributed by atoms with Crippen LogP contribution in [0.5, 0.6) is 0 Å². The zero-order valence-electron chi connectivity index (χ0n) is 9.57. The molecular formula is C13H22O. The highest BCUT2D eigenvalue weighted by molar-refractivity contribution is 5.96. The molecule has 14 heavy (non-hydrogen) atoms. The van der Waals surface area contributed by atoms with E-state index in [1.54, 1.807) is 0 Å². The third kappa shape index (κ3) is 2.97. The number of ketones is 1. The normalized spacial score (nSPS) is 18.6. The van der Waals surface area contributed by atoms with E-state index in [2.05, 4.69) is 13.8 Å². The van der Waals surface area contributed by atoms with Gasteiger partial charge >= 0.3 is 0 Å². The molecule has 0 aromatic heterocycles. The molecule has 0 N–H and O–H groups in total. The Kier molecular flexibility index (Phi) is 4.92. The van der Waals surface area contributed by atoms with Crippen molar-refractivity contribution >= 4 is 5.78 Å². The molecule has 0 bridgehead atoms. The Balaban J connectivity index is 2.81. The van der Waals surface area contributed by atoms with Gasteiger partial charge in [-0.2, -0.15) is 0 Å². The minimum absolute atomic E-state index is 0.438. The van der Waals surface area contributed by atoms with E-state index in [4.69, 9.17) is 0 Å². The fraction of sp³-hybridized carbons (Fsp3) is 0.769. The third-order valence-corrected chi connectivity index (χ3v) is 2.95. The molecule has 0 spiro atoms. The molecule has 0 heterocycles. The second kappa shape index (κ2) is 6.00. The number of rotatable bonds is 4. The van der Waals surface area contributed by atoms with Crippen molar-refractivity contribution in [2.75, 3.05) is 0 Å². The Hall–Kier alpha value is -0.590. The van der Waals surface area contributed by atoms with Gasteiger partial charge in [0, 0.05) is 6.42 Å². The molecule has 0 amide bonds. The first-order chi connectivity index (χ1) is 6.79. The van der Waals surface area contributed by atoms with Crippen LogP contribution < -0.4 is 0 Å². The highest BCUT2D eigenvalue weighted by atomic mass is 16.1. The van der Waals surface area contributed by atoms with Crippen molar-refractivity contribution < 1.29 is 4.79 Å². The molecule has 0 aromatic rings. The lowest BCUT2D eigenvalue weighted by molar-refractivity contribution is -0.115. The van der Waals surface area contributed by atoms with Gasteiger partial charge in [-0.3, -0.25) is 4.79 Å². The summed E-state index contributed by atoms with van der Waals surface area (Å²) in [5.41, 5.74) is 2.66. The highest BCUT2D eigenvalue weighted by Crippen LogP contribution is 2.27. The average molecular weight is 194 g/mol. The summed E-state index contributed by atoms with van der Waals surface area (Å²) in [5.74, 6) is 0.438. The van der Waals surface area contributed by atoms with Crippen molar-refractivity contribution in [3.63, 3.8) is 0 Å². The van der Waals surface area contributed by atoms with Crippen molar-refractivity contribution in [1.82, 2.24) is 0 Å². The maximum absolute atomic E-state index is 11.8. The number of carbonyl (C=O) groups excluding carboxylic acids is 1. The third-order valence-electron chi connectivity index (χ3n) is 2.95. The lowest BCUT2D eigenvalue weighted by Crippen LogP contribution is -2.03.